The van der Waals surface area contributed by atoms with Crippen molar-refractivity contribution in [3.05, 3.63) is 78.1 Å². The lowest BCUT2D eigenvalue weighted by Crippen LogP contribution is -2.39. The van der Waals surface area contributed by atoms with Crippen molar-refractivity contribution in [1.82, 2.24) is 19.4 Å². The number of imidazole rings is 1. The van der Waals surface area contributed by atoms with E-state index in [4.69, 9.17) is 10.8 Å². The van der Waals surface area contributed by atoms with Gasteiger partial charge in [0.2, 0.25) is 0 Å². The fourth-order valence-corrected chi connectivity index (χ4v) is 5.11. The number of nitrogens with two attached hydrogens (primary N) is 1. The van der Waals surface area contributed by atoms with E-state index in [0.29, 0.717) is 48.0 Å². The number of alkyl halides is 3. The van der Waals surface area contributed by atoms with Crippen LogP contribution in [0.1, 0.15) is 61.3 Å². The van der Waals surface area contributed by atoms with Crippen molar-refractivity contribution in [3.8, 4) is 11.3 Å². The van der Waals surface area contributed by atoms with Crippen molar-refractivity contribution in [2.24, 2.45) is 11.3 Å². The molecule has 3 N–H and O–H groups in total. The molecule has 0 spiro atoms. The van der Waals surface area contributed by atoms with Gasteiger partial charge in [0.05, 0.1) is 28.4 Å². The summed E-state index contributed by atoms with van der Waals surface area (Å²) in [5, 5.41) is 10.2. The zero-order valence-electron chi connectivity index (χ0n) is 21.8. The molecule has 0 aliphatic heterocycles. The summed E-state index contributed by atoms with van der Waals surface area (Å²) in [7, 11) is 0. The smallest absolute Gasteiger partial charge is 0.416 e. The molecule has 9 nitrogen and oxygen atoms in total. The molecule has 4 aromatic rings. The third kappa shape index (κ3) is 4.79. The second-order valence-corrected chi connectivity index (χ2v) is 10.7. The van der Waals surface area contributed by atoms with Gasteiger partial charge in [-0.1, -0.05) is 19.1 Å². The maximum absolute atomic E-state index is 13.1. The number of pyridine rings is 1. The highest BCUT2D eigenvalue weighted by molar-refractivity contribution is 6.05. The fourth-order valence-electron chi connectivity index (χ4n) is 5.11. The largest absolute Gasteiger partial charge is 0.481 e. The van der Waals surface area contributed by atoms with Crippen LogP contribution in [0.4, 0.5) is 19.0 Å². The number of hydrogen-bond donors (Lipinski definition) is 2. The Balaban J connectivity index is 1.44. The highest BCUT2D eigenvalue weighted by Crippen LogP contribution is 2.47. The maximum atomic E-state index is 13.1. The summed E-state index contributed by atoms with van der Waals surface area (Å²) in [5.41, 5.74) is 0.150. The number of fused-ring (bicyclic) bond motifs is 1. The molecule has 40 heavy (non-hydrogen) atoms. The molecule has 1 fully saturated rings. The van der Waals surface area contributed by atoms with Crippen molar-refractivity contribution in [3.63, 3.8) is 0 Å². The molecule has 1 aromatic carbocycles. The van der Waals surface area contributed by atoms with Crippen molar-refractivity contribution in [1.29, 1.82) is 0 Å². The number of nitrogens with zero attached hydrogens (tertiary/aromatic N) is 5. The zero-order chi connectivity index (χ0) is 28.9. The van der Waals surface area contributed by atoms with E-state index in [9.17, 15) is 27.9 Å². The van der Waals surface area contributed by atoms with Gasteiger partial charge in [-0.25, -0.2) is 20.8 Å². The van der Waals surface area contributed by atoms with Gasteiger partial charge in [-0.15, -0.1) is 0 Å². The van der Waals surface area contributed by atoms with Crippen LogP contribution in [0.15, 0.2) is 61.2 Å². The summed E-state index contributed by atoms with van der Waals surface area (Å²) < 4.78 is 41.2. The molecule has 0 saturated heterocycles. The summed E-state index contributed by atoms with van der Waals surface area (Å²) in [5.74, 6) is 4.79. The van der Waals surface area contributed by atoms with Crippen LogP contribution in [0.2, 0.25) is 0 Å². The van der Waals surface area contributed by atoms with Gasteiger partial charge in [0.25, 0.3) is 5.91 Å². The molecule has 5 rings (SSSR count). The van der Waals surface area contributed by atoms with E-state index in [0.717, 1.165) is 23.6 Å². The highest BCUT2D eigenvalue weighted by atomic mass is 19.4. The molecule has 0 unspecified atom stereocenters. The third-order valence-corrected chi connectivity index (χ3v) is 7.90. The van der Waals surface area contributed by atoms with E-state index in [1.54, 1.807) is 31.5 Å². The van der Waals surface area contributed by atoms with Gasteiger partial charge in [0.1, 0.15) is 5.82 Å². The summed E-state index contributed by atoms with van der Waals surface area (Å²) in [6.45, 7) is 3.87. The Morgan fingerprint density at radius 1 is 1.05 bits per heavy atom. The SMILES string of the molecule is CC1(C(=O)O)CCC(C)(c2nc(-c3ccc(C(=O)N(N)c4cc(C(F)(F)F)ccn4)cc3)c3cnccn23)CC1. The van der Waals surface area contributed by atoms with E-state index in [1.165, 1.54) is 12.1 Å². The first-order valence-electron chi connectivity index (χ1n) is 12.6. The fraction of sp³-hybridized carbons (Fsp3) is 0.321. The molecule has 12 heteroatoms. The number of carbonyl (C=O) groups excluding carboxylic acids is 1. The molecule has 0 atom stereocenters. The topological polar surface area (TPSA) is 127 Å². The van der Waals surface area contributed by atoms with Crippen LogP contribution >= 0.6 is 0 Å². The predicted octanol–water partition coefficient (Wildman–Crippen LogP) is 5.25. The van der Waals surface area contributed by atoms with E-state index in [1.807, 2.05) is 10.6 Å². The minimum Gasteiger partial charge on any atom is -0.481 e. The van der Waals surface area contributed by atoms with Crippen LogP contribution in [0.3, 0.4) is 0 Å². The first-order chi connectivity index (χ1) is 18.8. The Bertz CT molecular complexity index is 1590. The van der Waals surface area contributed by atoms with Crippen molar-refractivity contribution in [2.45, 2.75) is 51.1 Å². The van der Waals surface area contributed by atoms with Crippen LogP contribution in [0.5, 0.6) is 0 Å². The quantitative estimate of drug-likeness (QED) is 0.197. The minimum atomic E-state index is -4.60. The number of anilines is 1. The number of amides is 1. The number of aromatic nitrogens is 4. The lowest BCUT2D eigenvalue weighted by atomic mass is 9.65. The van der Waals surface area contributed by atoms with Crippen LogP contribution in [0, 0.1) is 5.41 Å². The zero-order valence-corrected chi connectivity index (χ0v) is 21.8. The van der Waals surface area contributed by atoms with E-state index in [-0.39, 0.29) is 16.8 Å². The van der Waals surface area contributed by atoms with Gasteiger partial charge >= 0.3 is 12.1 Å². The Kier molecular flexibility index (Phi) is 6.61. The number of rotatable bonds is 5. The number of benzene rings is 1. The number of hydrogen-bond acceptors (Lipinski definition) is 6. The third-order valence-electron chi connectivity index (χ3n) is 7.90. The molecular formula is C28H27F3N6O3. The number of halogens is 3. The predicted molar refractivity (Wildman–Crippen MR) is 140 cm³/mol. The van der Waals surface area contributed by atoms with Crippen LogP contribution in [0.25, 0.3) is 16.8 Å². The normalized spacial score (nSPS) is 21.4. The average molecular weight is 553 g/mol. The standard InChI is InChI=1S/C28H27F3N6O3/c1-26(8-10-27(2,11-9-26)25(39)40)24-35-22(20-16-33-13-14-36(20)24)17-3-5-18(6-4-17)23(38)37(32)21-15-19(7-12-34-21)28(29,30)31/h3-7,12-16H,8-11,32H2,1-2H3,(H,39,40). The molecule has 3 aromatic heterocycles. The summed E-state index contributed by atoms with van der Waals surface area (Å²) in [6.07, 6.45) is 3.88. The first kappa shape index (κ1) is 27.3. The highest BCUT2D eigenvalue weighted by Gasteiger charge is 2.44. The molecule has 1 amide bonds. The van der Waals surface area contributed by atoms with Gasteiger partial charge in [0, 0.05) is 35.1 Å². The van der Waals surface area contributed by atoms with Gasteiger partial charge in [-0.2, -0.15) is 13.2 Å². The number of carboxylic acids is 1. The molecular weight excluding hydrogens is 525 g/mol. The van der Waals surface area contributed by atoms with E-state index >= 15 is 0 Å². The molecule has 1 saturated carbocycles. The Morgan fingerprint density at radius 2 is 1.73 bits per heavy atom. The van der Waals surface area contributed by atoms with Crippen LogP contribution in [-0.4, -0.2) is 36.3 Å². The number of carboxylic acid groups (broad SMARTS) is 1. The average Bonchev–Trinajstić information content (AvgIpc) is 3.34. The monoisotopic (exact) mass is 552 g/mol. The second-order valence-electron chi connectivity index (χ2n) is 10.7. The first-order valence-corrected chi connectivity index (χ1v) is 12.6. The van der Waals surface area contributed by atoms with E-state index < -0.39 is 29.0 Å². The van der Waals surface area contributed by atoms with Crippen molar-refractivity contribution < 1.29 is 27.9 Å². The number of aliphatic carboxylic acids is 1. The van der Waals surface area contributed by atoms with Crippen molar-refractivity contribution in [2.75, 3.05) is 5.01 Å². The molecule has 1 aliphatic carbocycles. The summed E-state index contributed by atoms with van der Waals surface area (Å²) in [4.78, 5) is 37.7. The number of carbonyl (C=O) groups is 2. The maximum Gasteiger partial charge on any atom is 0.416 e. The Labute approximate surface area is 227 Å². The summed E-state index contributed by atoms with van der Waals surface area (Å²) in [6, 6.07) is 7.92. The molecule has 1 aliphatic rings. The van der Waals surface area contributed by atoms with Gasteiger partial charge in [-0.3, -0.25) is 19.0 Å². The molecule has 0 radical (unpaired) electrons. The second kappa shape index (κ2) is 9.70. The molecule has 0 bridgehead atoms. The van der Waals surface area contributed by atoms with Gasteiger partial charge in [-0.05, 0) is 56.9 Å². The Morgan fingerprint density at radius 3 is 2.35 bits per heavy atom. The number of hydrazine groups is 1. The Hall–Kier alpha value is -4.32. The lowest BCUT2D eigenvalue weighted by Gasteiger charge is -2.40. The minimum absolute atomic E-state index is 0.152. The lowest BCUT2D eigenvalue weighted by molar-refractivity contribution is -0.150. The van der Waals surface area contributed by atoms with Crippen molar-refractivity contribution >= 4 is 23.2 Å². The summed E-state index contributed by atoms with van der Waals surface area (Å²) >= 11 is 0. The van der Waals surface area contributed by atoms with Gasteiger partial charge < -0.3 is 5.11 Å². The van der Waals surface area contributed by atoms with Gasteiger partial charge in [0.15, 0.2) is 5.82 Å². The van der Waals surface area contributed by atoms with Crippen LogP contribution in [-0.2, 0) is 16.4 Å². The van der Waals surface area contributed by atoms with E-state index in [2.05, 4.69) is 16.9 Å². The molecule has 208 valence electrons. The molecule has 3 heterocycles. The van der Waals surface area contributed by atoms with Crippen LogP contribution < -0.4 is 10.9 Å².